The summed E-state index contributed by atoms with van der Waals surface area (Å²) in [4.78, 5) is 4.38. The summed E-state index contributed by atoms with van der Waals surface area (Å²) in [7, 11) is 0. The second-order valence-electron chi connectivity index (χ2n) is 6.38. The van der Waals surface area contributed by atoms with E-state index < -0.39 is 11.7 Å². The molecule has 144 valence electrons. The van der Waals surface area contributed by atoms with E-state index in [9.17, 15) is 13.9 Å². The molecule has 1 heterocycles. The maximum absolute atomic E-state index is 14.3. The minimum atomic E-state index is -0.722. The molecule has 0 fully saturated rings. The van der Waals surface area contributed by atoms with Crippen molar-refractivity contribution in [2.24, 2.45) is 4.99 Å². The van der Waals surface area contributed by atoms with Crippen LogP contribution in [0.25, 0.3) is 11.1 Å². The lowest BCUT2D eigenvalue weighted by Gasteiger charge is -2.07. The summed E-state index contributed by atoms with van der Waals surface area (Å²) < 4.78 is 33.7. The molecular formula is C23H21F2NO2. The first-order chi connectivity index (χ1) is 13.5. The number of benzene rings is 2. The SMILES string of the molecule is C\C=C/C=C(F)\C(C1=NC(c2ccc(-c3ccc(O)cc3)cc2)CO1)=C(/C)F. The van der Waals surface area contributed by atoms with Crippen LogP contribution in [0, 0.1) is 0 Å². The van der Waals surface area contributed by atoms with Gasteiger partial charge < -0.3 is 9.84 Å². The minimum absolute atomic E-state index is 0.0223. The Morgan fingerprint density at radius 3 is 2.25 bits per heavy atom. The third-order valence-electron chi connectivity index (χ3n) is 4.38. The summed E-state index contributed by atoms with van der Waals surface area (Å²) in [6.07, 6.45) is 4.33. The van der Waals surface area contributed by atoms with Crippen LogP contribution in [-0.4, -0.2) is 17.6 Å². The van der Waals surface area contributed by atoms with E-state index in [1.54, 1.807) is 25.1 Å². The number of phenols is 1. The van der Waals surface area contributed by atoms with Gasteiger partial charge in [-0.1, -0.05) is 48.6 Å². The van der Waals surface area contributed by atoms with Crippen molar-refractivity contribution in [3.8, 4) is 16.9 Å². The van der Waals surface area contributed by atoms with Gasteiger partial charge >= 0.3 is 0 Å². The highest BCUT2D eigenvalue weighted by Crippen LogP contribution is 2.31. The van der Waals surface area contributed by atoms with Crippen LogP contribution in [-0.2, 0) is 4.74 Å². The number of hydrogen-bond acceptors (Lipinski definition) is 3. The molecule has 0 radical (unpaired) electrons. The molecule has 0 amide bonds. The molecule has 0 saturated carbocycles. The molecule has 2 aromatic rings. The van der Waals surface area contributed by atoms with Crippen molar-refractivity contribution in [3.63, 3.8) is 0 Å². The van der Waals surface area contributed by atoms with E-state index in [-0.39, 0.29) is 29.9 Å². The van der Waals surface area contributed by atoms with Gasteiger partial charge in [-0.15, -0.1) is 0 Å². The largest absolute Gasteiger partial charge is 0.508 e. The van der Waals surface area contributed by atoms with Crippen molar-refractivity contribution < 1.29 is 18.6 Å². The first-order valence-corrected chi connectivity index (χ1v) is 8.95. The van der Waals surface area contributed by atoms with Crippen molar-refractivity contribution in [2.45, 2.75) is 19.9 Å². The molecule has 0 bridgehead atoms. The van der Waals surface area contributed by atoms with Crippen LogP contribution in [0.5, 0.6) is 5.75 Å². The number of hydrogen-bond donors (Lipinski definition) is 1. The van der Waals surface area contributed by atoms with Crippen LogP contribution in [0.2, 0.25) is 0 Å². The zero-order valence-electron chi connectivity index (χ0n) is 15.7. The van der Waals surface area contributed by atoms with Gasteiger partial charge in [-0.05, 0) is 48.7 Å². The fourth-order valence-corrected chi connectivity index (χ4v) is 2.91. The first-order valence-electron chi connectivity index (χ1n) is 8.95. The Morgan fingerprint density at radius 2 is 1.68 bits per heavy atom. The van der Waals surface area contributed by atoms with Gasteiger partial charge in [-0.25, -0.2) is 13.8 Å². The lowest BCUT2D eigenvalue weighted by atomic mass is 10.0. The van der Waals surface area contributed by atoms with Gasteiger partial charge in [0.1, 0.15) is 35.6 Å². The Labute approximate surface area is 163 Å². The normalized spacial score (nSPS) is 18.1. The number of aliphatic imine (C=N–C) groups is 1. The number of nitrogens with zero attached hydrogens (tertiary/aromatic N) is 1. The summed E-state index contributed by atoms with van der Waals surface area (Å²) in [6, 6.07) is 14.3. The van der Waals surface area contributed by atoms with Crippen molar-refractivity contribution in [1.29, 1.82) is 0 Å². The highest BCUT2D eigenvalue weighted by molar-refractivity contribution is 5.98. The molecule has 28 heavy (non-hydrogen) atoms. The number of rotatable bonds is 5. The lowest BCUT2D eigenvalue weighted by molar-refractivity contribution is 0.317. The van der Waals surface area contributed by atoms with Crippen molar-refractivity contribution in [3.05, 3.63) is 89.5 Å². The van der Waals surface area contributed by atoms with Gasteiger partial charge in [-0.3, -0.25) is 0 Å². The summed E-state index contributed by atoms with van der Waals surface area (Å²) in [5.74, 6) is -1.21. The van der Waals surface area contributed by atoms with E-state index in [1.165, 1.54) is 19.1 Å². The molecule has 0 saturated heterocycles. The molecule has 5 heteroatoms. The third-order valence-corrected chi connectivity index (χ3v) is 4.38. The Bertz CT molecular complexity index is 951. The fourth-order valence-electron chi connectivity index (χ4n) is 2.91. The third kappa shape index (κ3) is 4.36. The summed E-state index contributed by atoms with van der Waals surface area (Å²) >= 11 is 0. The van der Waals surface area contributed by atoms with Gasteiger partial charge in [0.05, 0.1) is 0 Å². The molecule has 1 aliphatic heterocycles. The highest BCUT2D eigenvalue weighted by atomic mass is 19.1. The van der Waals surface area contributed by atoms with E-state index in [2.05, 4.69) is 4.99 Å². The van der Waals surface area contributed by atoms with Gasteiger partial charge in [0.25, 0.3) is 0 Å². The maximum atomic E-state index is 14.3. The minimum Gasteiger partial charge on any atom is -0.508 e. The van der Waals surface area contributed by atoms with Gasteiger partial charge in [-0.2, -0.15) is 0 Å². The molecule has 1 aliphatic rings. The predicted octanol–water partition coefficient (Wildman–Crippen LogP) is 6.20. The van der Waals surface area contributed by atoms with E-state index in [0.29, 0.717) is 0 Å². The molecule has 0 spiro atoms. The molecule has 1 atom stereocenters. The van der Waals surface area contributed by atoms with E-state index in [0.717, 1.165) is 16.7 Å². The second-order valence-corrected chi connectivity index (χ2v) is 6.38. The molecule has 0 aromatic heterocycles. The topological polar surface area (TPSA) is 41.8 Å². The number of allylic oxidation sites excluding steroid dienone is 4. The van der Waals surface area contributed by atoms with Crippen molar-refractivity contribution in [1.82, 2.24) is 0 Å². The Balaban J connectivity index is 1.83. The number of phenolic OH excluding ortho intramolecular Hbond substituents is 1. The predicted molar refractivity (Wildman–Crippen MR) is 107 cm³/mol. The average molecular weight is 381 g/mol. The molecule has 1 unspecified atom stereocenters. The summed E-state index contributed by atoms with van der Waals surface area (Å²) in [5.41, 5.74) is 2.62. The van der Waals surface area contributed by atoms with Crippen LogP contribution in [0.4, 0.5) is 8.78 Å². The fraction of sp³-hybridized carbons (Fsp3) is 0.174. The van der Waals surface area contributed by atoms with Gasteiger partial charge in [0.2, 0.25) is 5.90 Å². The van der Waals surface area contributed by atoms with Crippen LogP contribution < -0.4 is 0 Å². The van der Waals surface area contributed by atoms with Crippen LogP contribution in [0.1, 0.15) is 25.5 Å². The second kappa shape index (κ2) is 8.65. The standard InChI is InChI=1S/C23H21F2NO2/c1-3-4-5-20(25)22(15(2)24)23-26-21(14-28-23)18-8-6-16(7-9-18)17-10-12-19(27)13-11-17/h3-13,21,27H,14H2,1-2H3/b4-3-,20-5+,22-15-. The van der Waals surface area contributed by atoms with Crippen LogP contribution in [0.3, 0.4) is 0 Å². The summed E-state index contributed by atoms with van der Waals surface area (Å²) in [5, 5.41) is 9.39. The Hall–Kier alpha value is -3.21. The average Bonchev–Trinajstić information content (AvgIpc) is 3.16. The molecule has 1 N–H and O–H groups in total. The smallest absolute Gasteiger partial charge is 0.222 e. The van der Waals surface area contributed by atoms with Crippen LogP contribution in [0.15, 0.2) is 89.0 Å². The summed E-state index contributed by atoms with van der Waals surface area (Å²) in [6.45, 7) is 3.16. The Kier molecular flexibility index (Phi) is 6.04. The number of aromatic hydroxyl groups is 1. The Morgan fingerprint density at radius 1 is 1.07 bits per heavy atom. The monoisotopic (exact) mass is 381 g/mol. The first kappa shape index (κ1) is 19.5. The van der Waals surface area contributed by atoms with E-state index >= 15 is 0 Å². The molecule has 3 nitrogen and oxygen atoms in total. The molecule has 3 rings (SSSR count). The number of halogens is 2. The molecular weight excluding hydrogens is 360 g/mol. The van der Waals surface area contributed by atoms with E-state index in [1.807, 2.05) is 36.4 Å². The van der Waals surface area contributed by atoms with Gasteiger partial charge in [0, 0.05) is 0 Å². The zero-order valence-corrected chi connectivity index (χ0v) is 15.7. The maximum Gasteiger partial charge on any atom is 0.222 e. The van der Waals surface area contributed by atoms with E-state index in [4.69, 9.17) is 4.74 Å². The van der Waals surface area contributed by atoms with Gasteiger partial charge in [0.15, 0.2) is 0 Å². The highest BCUT2D eigenvalue weighted by Gasteiger charge is 2.27. The zero-order chi connectivity index (χ0) is 20.1. The molecule has 2 aromatic carbocycles. The lowest BCUT2D eigenvalue weighted by Crippen LogP contribution is -2.05. The quantitative estimate of drug-likeness (QED) is 0.626. The molecule has 0 aliphatic carbocycles. The number of ether oxygens (including phenoxy) is 1. The van der Waals surface area contributed by atoms with Crippen molar-refractivity contribution in [2.75, 3.05) is 6.61 Å². The van der Waals surface area contributed by atoms with Crippen LogP contribution >= 0.6 is 0 Å². The van der Waals surface area contributed by atoms with Crippen molar-refractivity contribution >= 4 is 5.90 Å².